The monoisotopic (exact) mass is 295 g/mol. The van der Waals surface area contributed by atoms with E-state index in [1.54, 1.807) is 0 Å². The highest BCUT2D eigenvalue weighted by Gasteiger charge is 2.15. The number of aryl methyl sites for hydroxylation is 1. The number of hydrogen-bond donors (Lipinski definition) is 0. The minimum atomic E-state index is -0.250. The van der Waals surface area contributed by atoms with E-state index in [4.69, 9.17) is 4.74 Å². The van der Waals surface area contributed by atoms with Crippen LogP contribution >= 0.6 is 0 Å². The summed E-state index contributed by atoms with van der Waals surface area (Å²) in [4.78, 5) is 29.1. The van der Waals surface area contributed by atoms with Gasteiger partial charge < -0.3 is 9.30 Å². The van der Waals surface area contributed by atoms with Crippen LogP contribution in [0.2, 0.25) is 0 Å². The third kappa shape index (κ3) is 1.86. The maximum absolute atomic E-state index is 11.5. The van der Waals surface area contributed by atoms with Crippen molar-refractivity contribution in [1.82, 2.24) is 14.5 Å². The number of esters is 1. The van der Waals surface area contributed by atoms with Crippen LogP contribution in [0.25, 0.3) is 22.1 Å². The molecule has 3 aromatic rings. The first kappa shape index (κ1) is 12.9. The Bertz CT molecular complexity index is 1020. The predicted octanol–water partition coefficient (Wildman–Crippen LogP) is 0.358. The second-order valence-electron chi connectivity index (χ2n) is 5.00. The molecule has 0 unspecified atom stereocenters. The number of methoxy groups -OCH3 is 1. The van der Waals surface area contributed by atoms with Crippen molar-refractivity contribution in [3.05, 3.63) is 35.2 Å². The van der Waals surface area contributed by atoms with Crippen LogP contribution in [0.4, 0.5) is 0 Å². The molecule has 2 aromatic heterocycles. The molecule has 0 aliphatic carbocycles. The number of hydrogen-bond acceptors (Lipinski definition) is 6. The molecule has 1 aliphatic rings. The Hall–Kier alpha value is -2.83. The van der Waals surface area contributed by atoms with E-state index >= 15 is 0 Å². The van der Waals surface area contributed by atoms with Crippen LogP contribution in [0.5, 0.6) is 0 Å². The van der Waals surface area contributed by atoms with E-state index in [1.165, 1.54) is 7.11 Å². The second kappa shape index (κ2) is 4.87. The van der Waals surface area contributed by atoms with Crippen molar-refractivity contribution in [2.45, 2.75) is 13.0 Å². The smallest absolute Gasteiger partial charge is 0.307 e. The van der Waals surface area contributed by atoms with Crippen molar-refractivity contribution in [2.75, 3.05) is 13.8 Å². The molecule has 1 aromatic carbocycles. The average Bonchev–Trinajstić information content (AvgIpc) is 3.12. The van der Waals surface area contributed by atoms with Gasteiger partial charge in [-0.15, -0.1) is 0 Å². The summed E-state index contributed by atoms with van der Waals surface area (Å²) in [7, 11) is 1.39. The Labute approximate surface area is 125 Å². The van der Waals surface area contributed by atoms with Gasteiger partial charge in [0.05, 0.1) is 19.0 Å². The highest BCUT2D eigenvalue weighted by atomic mass is 16.5. The predicted molar refractivity (Wildman–Crippen MR) is 78.8 cm³/mol. The number of ether oxygens (including phenoxy) is 1. The van der Waals surface area contributed by atoms with Gasteiger partial charge in [-0.25, -0.2) is 20.0 Å². The highest BCUT2D eigenvalue weighted by Crippen LogP contribution is 2.25. The maximum atomic E-state index is 11.5. The summed E-state index contributed by atoms with van der Waals surface area (Å²) in [5.74, 6) is -0.250. The van der Waals surface area contributed by atoms with Crippen molar-refractivity contribution in [3.63, 3.8) is 0 Å². The van der Waals surface area contributed by atoms with E-state index in [-0.39, 0.29) is 12.4 Å². The lowest BCUT2D eigenvalue weighted by molar-refractivity contribution is -0.140. The zero-order valence-electron chi connectivity index (χ0n) is 12.0. The molecule has 7 nitrogen and oxygen atoms in total. The molecule has 0 N–H and O–H groups in total. The van der Waals surface area contributed by atoms with Gasteiger partial charge in [-0.3, -0.25) is 4.79 Å². The fraction of sp³-hybridized carbons (Fsp3) is 0.267. The number of nitrogens with zero attached hydrogens (tertiary/aromatic N) is 5. The number of fused-ring (bicyclic) bond motifs is 4. The average molecular weight is 295 g/mol. The standard InChI is InChI=1S/C15H13N5O2/c1-22-11(21)6-7-20-10-5-3-2-4-9(10)12-15(20)19-14-13(18-12)16-8-17-14/h2-5H,6-8H2,1H3. The largest absolute Gasteiger partial charge is 0.469 e. The molecule has 0 atom stereocenters. The van der Waals surface area contributed by atoms with E-state index in [1.807, 2.05) is 28.8 Å². The van der Waals surface area contributed by atoms with E-state index in [0.717, 1.165) is 22.1 Å². The molecule has 0 saturated heterocycles. The van der Waals surface area contributed by atoms with Crippen molar-refractivity contribution in [2.24, 2.45) is 9.98 Å². The molecular weight excluding hydrogens is 282 g/mol. The van der Waals surface area contributed by atoms with E-state index in [0.29, 0.717) is 24.2 Å². The van der Waals surface area contributed by atoms with Crippen LogP contribution in [0.15, 0.2) is 34.3 Å². The normalized spacial score (nSPS) is 13.0. The van der Waals surface area contributed by atoms with Gasteiger partial charge in [0.15, 0.2) is 16.6 Å². The Morgan fingerprint density at radius 2 is 2.00 bits per heavy atom. The number of aromatic nitrogens is 3. The molecule has 0 bridgehead atoms. The minimum Gasteiger partial charge on any atom is -0.469 e. The highest BCUT2D eigenvalue weighted by molar-refractivity contribution is 6.04. The summed E-state index contributed by atoms with van der Waals surface area (Å²) in [6.07, 6.45) is 0.282. The zero-order chi connectivity index (χ0) is 15.1. The first-order chi connectivity index (χ1) is 10.8. The molecular formula is C15H13N5O2. The van der Waals surface area contributed by atoms with Gasteiger partial charge >= 0.3 is 5.97 Å². The number of benzene rings is 1. The number of carbonyl (C=O) groups excluding carboxylic acids is 1. The van der Waals surface area contributed by atoms with Crippen molar-refractivity contribution < 1.29 is 9.53 Å². The molecule has 0 amide bonds. The van der Waals surface area contributed by atoms with Crippen LogP contribution in [0.1, 0.15) is 6.42 Å². The topological polar surface area (TPSA) is 81.7 Å². The van der Waals surface area contributed by atoms with Crippen LogP contribution in [-0.2, 0) is 16.1 Å². The molecule has 0 spiro atoms. The Morgan fingerprint density at radius 1 is 1.23 bits per heavy atom. The van der Waals surface area contributed by atoms with Crippen LogP contribution in [0, 0.1) is 0 Å². The lowest BCUT2D eigenvalue weighted by atomic mass is 10.2. The van der Waals surface area contributed by atoms with Crippen LogP contribution in [0.3, 0.4) is 0 Å². The lowest BCUT2D eigenvalue weighted by Crippen LogP contribution is -2.29. The molecule has 110 valence electrons. The van der Waals surface area contributed by atoms with Gasteiger partial charge in [0.1, 0.15) is 12.2 Å². The van der Waals surface area contributed by atoms with E-state index < -0.39 is 0 Å². The summed E-state index contributed by atoms with van der Waals surface area (Å²) in [5, 5.41) is 1.000. The molecule has 0 radical (unpaired) electrons. The summed E-state index contributed by atoms with van der Waals surface area (Å²) in [6.45, 7) is 0.864. The SMILES string of the molecule is COC(=O)CCn1c2ccccc2c2nc3c(nc21)=NCN=3. The third-order valence-electron chi connectivity index (χ3n) is 3.76. The van der Waals surface area contributed by atoms with Gasteiger partial charge in [-0.2, -0.15) is 0 Å². The molecule has 4 rings (SSSR count). The van der Waals surface area contributed by atoms with Crippen molar-refractivity contribution in [3.8, 4) is 0 Å². The van der Waals surface area contributed by atoms with Crippen molar-refractivity contribution >= 4 is 28.0 Å². The van der Waals surface area contributed by atoms with E-state index in [2.05, 4.69) is 20.0 Å². The molecule has 3 heterocycles. The molecule has 22 heavy (non-hydrogen) atoms. The summed E-state index contributed by atoms with van der Waals surface area (Å²) in [5.41, 5.74) is 3.66. The summed E-state index contributed by atoms with van der Waals surface area (Å²) < 4.78 is 6.71. The number of carbonyl (C=O) groups is 1. The lowest BCUT2D eigenvalue weighted by Gasteiger charge is -2.05. The fourth-order valence-electron chi connectivity index (χ4n) is 2.71. The van der Waals surface area contributed by atoms with E-state index in [9.17, 15) is 4.79 Å². The zero-order valence-corrected chi connectivity index (χ0v) is 12.0. The summed E-state index contributed by atoms with van der Waals surface area (Å²) >= 11 is 0. The molecule has 7 heteroatoms. The van der Waals surface area contributed by atoms with Gasteiger partial charge in [-0.05, 0) is 6.07 Å². The quantitative estimate of drug-likeness (QED) is 0.653. The Morgan fingerprint density at radius 3 is 2.82 bits per heavy atom. The van der Waals surface area contributed by atoms with Crippen molar-refractivity contribution in [1.29, 1.82) is 0 Å². The first-order valence-electron chi connectivity index (χ1n) is 6.98. The third-order valence-corrected chi connectivity index (χ3v) is 3.76. The first-order valence-corrected chi connectivity index (χ1v) is 6.98. The Balaban J connectivity index is 1.99. The fourth-order valence-corrected chi connectivity index (χ4v) is 2.71. The second-order valence-corrected chi connectivity index (χ2v) is 5.00. The van der Waals surface area contributed by atoms with Crippen LogP contribution in [-0.4, -0.2) is 34.3 Å². The number of rotatable bonds is 3. The molecule has 0 saturated carbocycles. The van der Waals surface area contributed by atoms with Gasteiger partial charge in [0.2, 0.25) is 0 Å². The van der Waals surface area contributed by atoms with Gasteiger partial charge in [0.25, 0.3) is 0 Å². The van der Waals surface area contributed by atoms with Gasteiger partial charge in [-0.1, -0.05) is 18.2 Å². The molecule has 0 fully saturated rings. The van der Waals surface area contributed by atoms with Gasteiger partial charge in [0, 0.05) is 11.9 Å². The Kier molecular flexibility index (Phi) is 2.85. The summed E-state index contributed by atoms with van der Waals surface area (Å²) in [6, 6.07) is 7.91. The maximum Gasteiger partial charge on any atom is 0.307 e. The molecule has 1 aliphatic heterocycles. The number of para-hydroxylation sites is 1. The van der Waals surface area contributed by atoms with Crippen LogP contribution < -0.4 is 11.0 Å². The minimum absolute atomic E-state index is 0.250.